The number of carboxylic acid groups (broad SMARTS) is 1. The summed E-state index contributed by atoms with van der Waals surface area (Å²) in [6.07, 6.45) is -4.16. The largest absolute Gasteiger partial charge is 0.481 e. The number of hydrogen-bond donors (Lipinski definition) is 1. The first kappa shape index (κ1) is 12.9. The van der Waals surface area contributed by atoms with Crippen molar-refractivity contribution in [3.05, 3.63) is 33.4 Å². The quantitative estimate of drug-likeness (QED) is 0.648. The molecule has 1 aromatic rings. The summed E-state index contributed by atoms with van der Waals surface area (Å²) >= 11 is 0. The first-order chi connectivity index (χ1) is 7.82. The SMILES string of the molecule is O=C(O)Cc1cc(F)c([N+](=O)[O-])c(C(F)F)n1. The molecule has 0 amide bonds. The average molecular weight is 250 g/mol. The number of nitro groups is 1. The number of pyridine rings is 1. The Hall–Kier alpha value is -2.19. The van der Waals surface area contributed by atoms with Gasteiger partial charge in [-0.15, -0.1) is 0 Å². The predicted octanol–water partition coefficient (Wildman–Crippen LogP) is 1.69. The zero-order valence-electron chi connectivity index (χ0n) is 8.06. The standard InChI is InChI=1S/C8H5F3N2O4/c9-4-1-3(2-5(14)15)12-6(8(10)11)7(4)13(16)17/h1,8H,2H2,(H,14,15). The maximum absolute atomic E-state index is 13.2. The van der Waals surface area contributed by atoms with E-state index in [2.05, 4.69) is 4.98 Å². The Morgan fingerprint density at radius 1 is 1.59 bits per heavy atom. The molecule has 92 valence electrons. The van der Waals surface area contributed by atoms with Crippen LogP contribution in [0.4, 0.5) is 18.9 Å². The first-order valence-corrected chi connectivity index (χ1v) is 4.16. The molecule has 1 heterocycles. The Morgan fingerprint density at radius 3 is 2.59 bits per heavy atom. The topological polar surface area (TPSA) is 93.3 Å². The highest BCUT2D eigenvalue weighted by Crippen LogP contribution is 2.29. The summed E-state index contributed by atoms with van der Waals surface area (Å²) in [6.45, 7) is 0. The molecule has 0 fully saturated rings. The summed E-state index contributed by atoms with van der Waals surface area (Å²) in [5.74, 6) is -2.94. The van der Waals surface area contributed by atoms with Crippen molar-refractivity contribution >= 4 is 11.7 Å². The van der Waals surface area contributed by atoms with Gasteiger partial charge >= 0.3 is 11.7 Å². The summed E-state index contributed by atoms with van der Waals surface area (Å²) in [5, 5.41) is 18.7. The lowest BCUT2D eigenvalue weighted by Crippen LogP contribution is -2.09. The van der Waals surface area contributed by atoms with E-state index in [1.165, 1.54) is 0 Å². The lowest BCUT2D eigenvalue weighted by molar-refractivity contribution is -0.389. The zero-order valence-corrected chi connectivity index (χ0v) is 8.06. The molecule has 17 heavy (non-hydrogen) atoms. The van der Waals surface area contributed by atoms with Gasteiger partial charge in [0.15, 0.2) is 5.69 Å². The minimum Gasteiger partial charge on any atom is -0.481 e. The number of rotatable bonds is 4. The van der Waals surface area contributed by atoms with Gasteiger partial charge in [0.2, 0.25) is 5.82 Å². The Morgan fingerprint density at radius 2 is 2.18 bits per heavy atom. The van der Waals surface area contributed by atoms with Crippen molar-refractivity contribution < 1.29 is 28.0 Å². The molecule has 9 heteroatoms. The van der Waals surface area contributed by atoms with Gasteiger partial charge in [-0.1, -0.05) is 0 Å². The van der Waals surface area contributed by atoms with Gasteiger partial charge in [0.1, 0.15) is 0 Å². The van der Waals surface area contributed by atoms with Gasteiger partial charge in [-0.05, 0) is 0 Å². The summed E-state index contributed by atoms with van der Waals surface area (Å²) in [6, 6.07) is 0.456. The van der Waals surface area contributed by atoms with Crippen LogP contribution in [0.25, 0.3) is 0 Å². The highest BCUT2D eigenvalue weighted by molar-refractivity contribution is 5.69. The van der Waals surface area contributed by atoms with Crippen molar-refractivity contribution in [2.24, 2.45) is 0 Å². The number of carboxylic acids is 1. The number of alkyl halides is 2. The van der Waals surface area contributed by atoms with E-state index in [9.17, 15) is 28.1 Å². The molecule has 0 saturated heterocycles. The number of hydrogen-bond acceptors (Lipinski definition) is 4. The van der Waals surface area contributed by atoms with E-state index in [0.717, 1.165) is 0 Å². The fraction of sp³-hybridized carbons (Fsp3) is 0.250. The van der Waals surface area contributed by atoms with Gasteiger partial charge in [0, 0.05) is 6.07 Å². The van der Waals surface area contributed by atoms with Crippen molar-refractivity contribution in [1.29, 1.82) is 0 Å². The smallest absolute Gasteiger partial charge is 0.331 e. The third-order valence-corrected chi connectivity index (χ3v) is 1.75. The highest BCUT2D eigenvalue weighted by Gasteiger charge is 2.29. The fourth-order valence-electron chi connectivity index (χ4n) is 1.16. The van der Waals surface area contributed by atoms with Gasteiger partial charge in [-0.3, -0.25) is 14.9 Å². The molecule has 0 radical (unpaired) electrons. The molecule has 6 nitrogen and oxygen atoms in total. The molecule has 0 aliphatic heterocycles. The normalized spacial score (nSPS) is 10.6. The molecule has 0 spiro atoms. The predicted molar refractivity (Wildman–Crippen MR) is 47.1 cm³/mol. The molecule has 0 atom stereocenters. The molecular formula is C8H5F3N2O4. The monoisotopic (exact) mass is 250 g/mol. The first-order valence-electron chi connectivity index (χ1n) is 4.16. The number of aliphatic carboxylic acids is 1. The summed E-state index contributed by atoms with van der Waals surface area (Å²) in [4.78, 5) is 22.4. The van der Waals surface area contributed by atoms with E-state index in [4.69, 9.17) is 5.11 Å². The summed E-state index contributed by atoms with van der Waals surface area (Å²) in [5.41, 5.74) is -3.31. The van der Waals surface area contributed by atoms with E-state index in [0.29, 0.717) is 6.07 Å². The van der Waals surface area contributed by atoms with Crippen molar-refractivity contribution in [1.82, 2.24) is 4.98 Å². The molecule has 1 aromatic heterocycles. The minimum atomic E-state index is -3.36. The second-order valence-electron chi connectivity index (χ2n) is 2.96. The van der Waals surface area contributed by atoms with Crippen molar-refractivity contribution in [3.63, 3.8) is 0 Å². The van der Waals surface area contributed by atoms with Gasteiger partial charge < -0.3 is 5.11 Å². The van der Waals surface area contributed by atoms with Crippen LogP contribution in [-0.4, -0.2) is 21.0 Å². The molecule has 0 aromatic carbocycles. The summed E-state index contributed by atoms with van der Waals surface area (Å²) < 4.78 is 38.0. The lowest BCUT2D eigenvalue weighted by atomic mass is 10.2. The number of nitrogens with zero attached hydrogens (tertiary/aromatic N) is 2. The van der Waals surface area contributed by atoms with Crippen LogP contribution in [0.15, 0.2) is 6.07 Å². The van der Waals surface area contributed by atoms with Gasteiger partial charge in [-0.2, -0.15) is 4.39 Å². The molecule has 1 rings (SSSR count). The molecule has 0 aliphatic carbocycles. The Balaban J connectivity index is 3.35. The Bertz CT molecular complexity index is 478. The van der Waals surface area contributed by atoms with Crippen LogP contribution in [0.3, 0.4) is 0 Å². The fourth-order valence-corrected chi connectivity index (χ4v) is 1.16. The van der Waals surface area contributed by atoms with E-state index in [-0.39, 0.29) is 0 Å². The highest BCUT2D eigenvalue weighted by atomic mass is 19.3. The number of halogens is 3. The van der Waals surface area contributed by atoms with Crippen molar-refractivity contribution in [2.45, 2.75) is 12.8 Å². The molecule has 1 N–H and O–H groups in total. The Kier molecular flexibility index (Phi) is 3.61. The van der Waals surface area contributed by atoms with E-state index in [1.807, 2.05) is 0 Å². The van der Waals surface area contributed by atoms with Gasteiger partial charge in [0.05, 0.1) is 17.0 Å². The van der Waals surface area contributed by atoms with Crippen LogP contribution < -0.4 is 0 Å². The Labute approximate surface area is 91.9 Å². The zero-order chi connectivity index (χ0) is 13.2. The molecule has 0 saturated carbocycles. The van der Waals surface area contributed by atoms with Crippen LogP contribution in [0.2, 0.25) is 0 Å². The second kappa shape index (κ2) is 4.76. The molecular weight excluding hydrogens is 245 g/mol. The van der Waals surface area contributed by atoms with E-state index in [1.54, 1.807) is 0 Å². The average Bonchev–Trinajstić information content (AvgIpc) is 2.14. The summed E-state index contributed by atoms with van der Waals surface area (Å²) in [7, 11) is 0. The van der Waals surface area contributed by atoms with Crippen LogP contribution in [0.1, 0.15) is 17.8 Å². The number of carbonyl (C=O) groups is 1. The van der Waals surface area contributed by atoms with Crippen LogP contribution in [0.5, 0.6) is 0 Å². The van der Waals surface area contributed by atoms with Gasteiger partial charge in [-0.25, -0.2) is 13.8 Å². The minimum absolute atomic E-state index is 0.456. The lowest BCUT2D eigenvalue weighted by Gasteiger charge is -2.04. The van der Waals surface area contributed by atoms with Crippen molar-refractivity contribution in [3.8, 4) is 0 Å². The van der Waals surface area contributed by atoms with Crippen LogP contribution in [0, 0.1) is 15.9 Å². The van der Waals surface area contributed by atoms with Crippen LogP contribution in [-0.2, 0) is 11.2 Å². The molecule has 0 bridgehead atoms. The molecule has 0 unspecified atom stereocenters. The third-order valence-electron chi connectivity index (χ3n) is 1.75. The second-order valence-corrected chi connectivity index (χ2v) is 2.96. The molecule has 0 aliphatic rings. The third kappa shape index (κ3) is 2.89. The maximum atomic E-state index is 13.2. The van der Waals surface area contributed by atoms with Crippen LogP contribution >= 0.6 is 0 Å². The van der Waals surface area contributed by atoms with E-state index >= 15 is 0 Å². The van der Waals surface area contributed by atoms with Gasteiger partial charge in [0.25, 0.3) is 6.43 Å². The number of aromatic nitrogens is 1. The maximum Gasteiger partial charge on any atom is 0.331 e. The van der Waals surface area contributed by atoms with Crippen molar-refractivity contribution in [2.75, 3.05) is 0 Å². The van der Waals surface area contributed by atoms with E-state index < -0.39 is 46.6 Å².